The Labute approximate surface area is 86.6 Å². The van der Waals surface area contributed by atoms with Crippen molar-refractivity contribution in [2.24, 2.45) is 4.99 Å². The first-order chi connectivity index (χ1) is 6.54. The first-order valence-corrected chi connectivity index (χ1v) is 5.56. The molecule has 14 heavy (non-hydrogen) atoms. The maximum Gasteiger partial charge on any atom is 0.0966 e. The van der Waals surface area contributed by atoms with Crippen LogP contribution in [0, 0.1) is 0 Å². The fourth-order valence-electron chi connectivity index (χ4n) is 1.79. The second-order valence-corrected chi connectivity index (χ2v) is 4.54. The van der Waals surface area contributed by atoms with Gasteiger partial charge in [0.15, 0.2) is 0 Å². The van der Waals surface area contributed by atoms with Crippen molar-refractivity contribution in [1.82, 2.24) is 5.32 Å². The van der Waals surface area contributed by atoms with Gasteiger partial charge < -0.3 is 10.4 Å². The second kappa shape index (κ2) is 4.78. The van der Waals surface area contributed by atoms with Crippen molar-refractivity contribution in [2.75, 3.05) is 6.54 Å². The van der Waals surface area contributed by atoms with Crippen molar-refractivity contribution < 1.29 is 5.11 Å². The lowest BCUT2D eigenvalue weighted by Gasteiger charge is -2.31. The molecule has 2 N–H and O–H groups in total. The third kappa shape index (κ3) is 3.29. The number of hydrogen-bond donors (Lipinski definition) is 2. The molecule has 3 heteroatoms. The Hall–Kier alpha value is -0.570. The Balaban J connectivity index is 2.51. The fraction of sp³-hybridized carbons (Fsp3) is 0.909. The highest BCUT2D eigenvalue weighted by molar-refractivity contribution is 5.83. The molecule has 3 nitrogen and oxygen atoms in total. The van der Waals surface area contributed by atoms with Crippen molar-refractivity contribution >= 4 is 5.84 Å². The highest BCUT2D eigenvalue weighted by Gasteiger charge is 2.25. The number of aliphatic imine (C=N–C) groups is 1. The molecule has 0 saturated carbocycles. The van der Waals surface area contributed by atoms with E-state index in [1.165, 1.54) is 12.8 Å². The van der Waals surface area contributed by atoms with E-state index in [4.69, 9.17) is 0 Å². The van der Waals surface area contributed by atoms with Gasteiger partial charge in [0.05, 0.1) is 17.5 Å². The molecule has 0 radical (unpaired) electrons. The molecule has 1 heterocycles. The molecule has 0 bridgehead atoms. The average molecular weight is 198 g/mol. The van der Waals surface area contributed by atoms with Crippen LogP contribution in [-0.4, -0.2) is 29.1 Å². The van der Waals surface area contributed by atoms with Gasteiger partial charge in [0.25, 0.3) is 0 Å². The van der Waals surface area contributed by atoms with Gasteiger partial charge in [-0.05, 0) is 33.1 Å². The summed E-state index contributed by atoms with van der Waals surface area (Å²) in [5.74, 6) is 1.07. The van der Waals surface area contributed by atoms with Gasteiger partial charge in [0.1, 0.15) is 0 Å². The summed E-state index contributed by atoms with van der Waals surface area (Å²) in [5, 5.41) is 13.2. The van der Waals surface area contributed by atoms with Crippen LogP contribution in [0.1, 0.15) is 46.5 Å². The molecule has 1 rings (SSSR count). The van der Waals surface area contributed by atoms with E-state index in [1.54, 1.807) is 0 Å². The predicted octanol–water partition coefficient (Wildman–Crippen LogP) is 1.71. The molecule has 0 amide bonds. The largest absolute Gasteiger partial charge is 0.388 e. The van der Waals surface area contributed by atoms with Crippen LogP contribution >= 0.6 is 0 Å². The minimum Gasteiger partial charge on any atom is -0.388 e. The van der Waals surface area contributed by atoms with E-state index < -0.39 is 5.60 Å². The lowest BCUT2D eigenvalue weighted by Crippen LogP contribution is -2.49. The molecule has 0 aliphatic carbocycles. The third-order valence-electron chi connectivity index (χ3n) is 2.73. The summed E-state index contributed by atoms with van der Waals surface area (Å²) in [7, 11) is 0. The summed E-state index contributed by atoms with van der Waals surface area (Å²) >= 11 is 0. The molecule has 0 spiro atoms. The molecule has 0 aromatic carbocycles. The number of aliphatic hydroxyl groups is 1. The maximum atomic E-state index is 9.89. The van der Waals surface area contributed by atoms with Crippen LogP contribution in [-0.2, 0) is 0 Å². The summed E-state index contributed by atoms with van der Waals surface area (Å²) in [4.78, 5) is 4.43. The molecular formula is C11H22N2O. The number of nitrogens with zero attached hydrogens (tertiary/aromatic N) is 1. The minimum atomic E-state index is -0.672. The number of nitrogens with one attached hydrogen (secondary N) is 1. The average Bonchev–Trinajstić information content (AvgIpc) is 2.14. The molecule has 0 saturated heterocycles. The van der Waals surface area contributed by atoms with Gasteiger partial charge in [-0.2, -0.15) is 0 Å². The molecule has 1 aliphatic heterocycles. The van der Waals surface area contributed by atoms with Crippen molar-refractivity contribution in [3.8, 4) is 0 Å². The van der Waals surface area contributed by atoms with Crippen molar-refractivity contribution in [2.45, 2.75) is 58.1 Å². The Morgan fingerprint density at radius 1 is 1.50 bits per heavy atom. The summed E-state index contributed by atoms with van der Waals surface area (Å²) in [6, 6.07) is 0.111. The standard InChI is InChI=1S/C11H22N2O/c1-4-9(11(2,3)14)13-10-7-5-6-8-12-10/h9,14H,4-8H2,1-3H3,(H,12,13). The van der Waals surface area contributed by atoms with E-state index in [0.29, 0.717) is 0 Å². The molecule has 0 aromatic heterocycles. The van der Waals surface area contributed by atoms with Crippen LogP contribution in [0.5, 0.6) is 0 Å². The normalized spacial score (nSPS) is 20.1. The van der Waals surface area contributed by atoms with Crippen molar-refractivity contribution in [1.29, 1.82) is 0 Å². The van der Waals surface area contributed by atoms with Crippen molar-refractivity contribution in [3.05, 3.63) is 0 Å². The lowest BCUT2D eigenvalue weighted by molar-refractivity contribution is 0.0431. The molecule has 1 atom stereocenters. The summed E-state index contributed by atoms with van der Waals surface area (Å²) in [6.07, 6.45) is 4.37. The lowest BCUT2D eigenvalue weighted by atomic mass is 9.96. The monoisotopic (exact) mass is 198 g/mol. The van der Waals surface area contributed by atoms with Gasteiger partial charge >= 0.3 is 0 Å². The van der Waals surface area contributed by atoms with Crippen LogP contribution in [0.15, 0.2) is 4.99 Å². The van der Waals surface area contributed by atoms with E-state index in [-0.39, 0.29) is 6.04 Å². The van der Waals surface area contributed by atoms with Gasteiger partial charge in [0, 0.05) is 13.0 Å². The maximum absolute atomic E-state index is 9.89. The van der Waals surface area contributed by atoms with E-state index in [2.05, 4.69) is 17.2 Å². The highest BCUT2D eigenvalue weighted by atomic mass is 16.3. The molecular weight excluding hydrogens is 176 g/mol. The minimum absolute atomic E-state index is 0.111. The zero-order chi connectivity index (χ0) is 10.6. The smallest absolute Gasteiger partial charge is 0.0966 e. The topological polar surface area (TPSA) is 44.6 Å². The summed E-state index contributed by atoms with van der Waals surface area (Å²) < 4.78 is 0. The number of hydrogen-bond acceptors (Lipinski definition) is 3. The second-order valence-electron chi connectivity index (χ2n) is 4.54. The Kier molecular flexibility index (Phi) is 3.93. The van der Waals surface area contributed by atoms with Crippen molar-refractivity contribution in [3.63, 3.8) is 0 Å². The van der Waals surface area contributed by atoms with Gasteiger partial charge in [0.2, 0.25) is 0 Å². The van der Waals surface area contributed by atoms with Gasteiger partial charge in [-0.25, -0.2) is 0 Å². The SMILES string of the molecule is CCC(NC1=NCCCC1)C(C)(C)O. The predicted molar refractivity (Wildman–Crippen MR) is 59.7 cm³/mol. The first-order valence-electron chi connectivity index (χ1n) is 5.56. The van der Waals surface area contributed by atoms with Crippen LogP contribution < -0.4 is 5.32 Å². The van der Waals surface area contributed by atoms with Crippen LogP contribution in [0.4, 0.5) is 0 Å². The number of amidine groups is 1. The molecule has 82 valence electrons. The van der Waals surface area contributed by atoms with Crippen LogP contribution in [0.2, 0.25) is 0 Å². The van der Waals surface area contributed by atoms with E-state index in [1.807, 2.05) is 13.8 Å². The zero-order valence-corrected chi connectivity index (χ0v) is 9.51. The fourth-order valence-corrected chi connectivity index (χ4v) is 1.79. The van der Waals surface area contributed by atoms with E-state index in [9.17, 15) is 5.11 Å². The van der Waals surface area contributed by atoms with Gasteiger partial charge in [-0.15, -0.1) is 0 Å². The van der Waals surface area contributed by atoms with Crippen LogP contribution in [0.25, 0.3) is 0 Å². The zero-order valence-electron chi connectivity index (χ0n) is 9.51. The van der Waals surface area contributed by atoms with Gasteiger partial charge in [-0.1, -0.05) is 6.92 Å². The first kappa shape index (κ1) is 11.5. The summed E-state index contributed by atoms with van der Waals surface area (Å²) in [5.41, 5.74) is -0.672. The van der Waals surface area contributed by atoms with Crippen LogP contribution in [0.3, 0.4) is 0 Å². The van der Waals surface area contributed by atoms with E-state index >= 15 is 0 Å². The quantitative estimate of drug-likeness (QED) is 0.725. The number of rotatable bonds is 3. The molecule has 0 fully saturated rings. The molecule has 0 aromatic rings. The van der Waals surface area contributed by atoms with Gasteiger partial charge in [-0.3, -0.25) is 4.99 Å². The third-order valence-corrected chi connectivity index (χ3v) is 2.73. The summed E-state index contributed by atoms with van der Waals surface area (Å²) in [6.45, 7) is 6.71. The Morgan fingerprint density at radius 3 is 2.64 bits per heavy atom. The Morgan fingerprint density at radius 2 is 2.21 bits per heavy atom. The molecule has 1 unspecified atom stereocenters. The molecule has 1 aliphatic rings. The Bertz CT molecular complexity index is 206. The van der Waals surface area contributed by atoms with E-state index in [0.717, 1.165) is 25.2 Å². The highest BCUT2D eigenvalue weighted by Crippen LogP contribution is 2.13.